The van der Waals surface area contributed by atoms with Crippen molar-refractivity contribution in [3.05, 3.63) is 59.5 Å². The number of carbonyl (C=O) groups excluding carboxylic acids is 1. The van der Waals surface area contributed by atoms with Crippen LogP contribution in [0.15, 0.2) is 47.1 Å². The molecule has 2 aromatic rings. The molecular formula is C14H14O2. The molecule has 0 unspecified atom stereocenters. The highest BCUT2D eigenvalue weighted by atomic mass is 16.3. The maximum atomic E-state index is 11.7. The SMILES string of the molecule is Cc1ccc(CCC(=O)c2ccco2)cc1. The Morgan fingerprint density at radius 2 is 1.94 bits per heavy atom. The molecule has 0 aliphatic rings. The monoisotopic (exact) mass is 214 g/mol. The van der Waals surface area contributed by atoms with E-state index in [0.29, 0.717) is 12.2 Å². The molecule has 2 heteroatoms. The molecule has 1 aromatic heterocycles. The van der Waals surface area contributed by atoms with Crippen LogP contribution in [-0.2, 0) is 6.42 Å². The van der Waals surface area contributed by atoms with Crippen LogP contribution in [0.1, 0.15) is 28.1 Å². The van der Waals surface area contributed by atoms with Gasteiger partial charge in [0.25, 0.3) is 0 Å². The van der Waals surface area contributed by atoms with Crippen LogP contribution >= 0.6 is 0 Å². The van der Waals surface area contributed by atoms with Crippen LogP contribution in [0.2, 0.25) is 0 Å². The quantitative estimate of drug-likeness (QED) is 0.730. The number of furan rings is 1. The number of ketones is 1. The van der Waals surface area contributed by atoms with Crippen LogP contribution in [0.5, 0.6) is 0 Å². The molecule has 2 nitrogen and oxygen atoms in total. The van der Waals surface area contributed by atoms with E-state index in [-0.39, 0.29) is 5.78 Å². The van der Waals surface area contributed by atoms with E-state index in [4.69, 9.17) is 4.42 Å². The lowest BCUT2D eigenvalue weighted by molar-refractivity contribution is 0.0956. The van der Waals surface area contributed by atoms with Gasteiger partial charge in [-0.1, -0.05) is 29.8 Å². The van der Waals surface area contributed by atoms with Crippen molar-refractivity contribution in [2.45, 2.75) is 19.8 Å². The molecule has 0 amide bonds. The van der Waals surface area contributed by atoms with E-state index in [9.17, 15) is 4.79 Å². The molecule has 1 heterocycles. The van der Waals surface area contributed by atoms with Crippen molar-refractivity contribution in [1.82, 2.24) is 0 Å². The summed E-state index contributed by atoms with van der Waals surface area (Å²) in [5.74, 6) is 0.512. The van der Waals surface area contributed by atoms with Gasteiger partial charge >= 0.3 is 0 Å². The van der Waals surface area contributed by atoms with Crippen LogP contribution in [-0.4, -0.2) is 5.78 Å². The van der Waals surface area contributed by atoms with Gasteiger partial charge in [-0.15, -0.1) is 0 Å². The van der Waals surface area contributed by atoms with Gasteiger partial charge in [-0.2, -0.15) is 0 Å². The Kier molecular flexibility index (Phi) is 3.20. The highest BCUT2D eigenvalue weighted by Crippen LogP contribution is 2.10. The third-order valence-electron chi connectivity index (χ3n) is 2.56. The standard InChI is InChI=1S/C14H14O2/c1-11-4-6-12(7-5-11)8-9-13(15)14-3-2-10-16-14/h2-7,10H,8-9H2,1H3. The molecule has 1 aromatic carbocycles. The fraction of sp³-hybridized carbons (Fsp3) is 0.214. The summed E-state index contributed by atoms with van der Waals surface area (Å²) < 4.78 is 5.05. The summed E-state index contributed by atoms with van der Waals surface area (Å²) in [7, 11) is 0. The molecule has 0 aliphatic heterocycles. The number of benzene rings is 1. The minimum atomic E-state index is 0.0607. The molecule has 0 atom stereocenters. The van der Waals surface area contributed by atoms with Crippen LogP contribution < -0.4 is 0 Å². The maximum Gasteiger partial charge on any atom is 0.198 e. The van der Waals surface area contributed by atoms with Gasteiger partial charge in [0.2, 0.25) is 0 Å². The third-order valence-corrected chi connectivity index (χ3v) is 2.56. The lowest BCUT2D eigenvalue weighted by Crippen LogP contribution is -1.99. The number of aryl methyl sites for hydroxylation is 2. The second-order valence-electron chi connectivity index (χ2n) is 3.89. The Morgan fingerprint density at radius 3 is 2.56 bits per heavy atom. The summed E-state index contributed by atoms with van der Waals surface area (Å²) in [4.78, 5) is 11.7. The smallest absolute Gasteiger partial charge is 0.198 e. The summed E-state index contributed by atoms with van der Waals surface area (Å²) >= 11 is 0. The summed E-state index contributed by atoms with van der Waals surface area (Å²) in [6.07, 6.45) is 2.79. The van der Waals surface area contributed by atoms with Crippen LogP contribution in [0, 0.1) is 6.92 Å². The van der Waals surface area contributed by atoms with E-state index in [1.54, 1.807) is 12.1 Å². The molecule has 0 spiro atoms. The van der Waals surface area contributed by atoms with Gasteiger partial charge < -0.3 is 4.42 Å². The first-order valence-corrected chi connectivity index (χ1v) is 5.38. The summed E-state index contributed by atoms with van der Waals surface area (Å²) in [5, 5.41) is 0. The highest BCUT2D eigenvalue weighted by Gasteiger charge is 2.08. The Bertz CT molecular complexity index is 452. The molecule has 0 saturated carbocycles. The largest absolute Gasteiger partial charge is 0.461 e. The van der Waals surface area contributed by atoms with E-state index < -0.39 is 0 Å². The Morgan fingerprint density at radius 1 is 1.19 bits per heavy atom. The first-order valence-electron chi connectivity index (χ1n) is 5.38. The number of hydrogen-bond donors (Lipinski definition) is 0. The first-order chi connectivity index (χ1) is 7.75. The van der Waals surface area contributed by atoms with E-state index in [0.717, 1.165) is 6.42 Å². The van der Waals surface area contributed by atoms with E-state index in [2.05, 4.69) is 31.2 Å². The average molecular weight is 214 g/mol. The van der Waals surface area contributed by atoms with Gasteiger partial charge in [0.05, 0.1) is 6.26 Å². The highest BCUT2D eigenvalue weighted by molar-refractivity contribution is 5.93. The zero-order chi connectivity index (χ0) is 11.4. The number of rotatable bonds is 4. The van der Waals surface area contributed by atoms with Crippen molar-refractivity contribution >= 4 is 5.78 Å². The fourth-order valence-electron chi connectivity index (χ4n) is 1.57. The average Bonchev–Trinajstić information content (AvgIpc) is 2.81. The minimum absolute atomic E-state index is 0.0607. The van der Waals surface area contributed by atoms with Gasteiger partial charge in [0.1, 0.15) is 0 Å². The van der Waals surface area contributed by atoms with Crippen molar-refractivity contribution in [3.8, 4) is 0 Å². The third kappa shape index (κ3) is 2.60. The fourth-order valence-corrected chi connectivity index (χ4v) is 1.57. The molecular weight excluding hydrogens is 200 g/mol. The van der Waals surface area contributed by atoms with Gasteiger partial charge in [-0.3, -0.25) is 4.79 Å². The summed E-state index contributed by atoms with van der Waals surface area (Å²) in [6.45, 7) is 2.05. The predicted octanol–water partition coefficient (Wildman–Crippen LogP) is 3.40. The lowest BCUT2D eigenvalue weighted by Gasteiger charge is -2.00. The maximum absolute atomic E-state index is 11.7. The molecule has 0 aliphatic carbocycles. The van der Waals surface area contributed by atoms with Gasteiger partial charge in [0, 0.05) is 6.42 Å². The Labute approximate surface area is 94.9 Å². The summed E-state index contributed by atoms with van der Waals surface area (Å²) in [5.41, 5.74) is 2.42. The molecule has 0 bridgehead atoms. The topological polar surface area (TPSA) is 30.2 Å². The molecule has 2 rings (SSSR count). The molecule has 82 valence electrons. The van der Waals surface area contributed by atoms with E-state index >= 15 is 0 Å². The Hall–Kier alpha value is -1.83. The predicted molar refractivity (Wildman–Crippen MR) is 62.5 cm³/mol. The molecule has 0 radical (unpaired) electrons. The van der Waals surface area contributed by atoms with Gasteiger partial charge in [-0.25, -0.2) is 0 Å². The van der Waals surface area contributed by atoms with Gasteiger partial charge in [-0.05, 0) is 31.0 Å². The number of carbonyl (C=O) groups is 1. The van der Waals surface area contributed by atoms with Crippen molar-refractivity contribution in [2.24, 2.45) is 0 Å². The van der Waals surface area contributed by atoms with Crippen LogP contribution in [0.4, 0.5) is 0 Å². The second-order valence-corrected chi connectivity index (χ2v) is 3.89. The van der Waals surface area contributed by atoms with Crippen molar-refractivity contribution in [2.75, 3.05) is 0 Å². The summed E-state index contributed by atoms with van der Waals surface area (Å²) in [6, 6.07) is 11.7. The number of hydrogen-bond acceptors (Lipinski definition) is 2. The Balaban J connectivity index is 1.93. The molecule has 0 fully saturated rings. The van der Waals surface area contributed by atoms with Crippen molar-refractivity contribution < 1.29 is 9.21 Å². The molecule has 0 saturated heterocycles. The van der Waals surface area contributed by atoms with E-state index in [1.165, 1.54) is 17.4 Å². The lowest BCUT2D eigenvalue weighted by atomic mass is 10.1. The zero-order valence-electron chi connectivity index (χ0n) is 9.27. The zero-order valence-corrected chi connectivity index (χ0v) is 9.27. The second kappa shape index (κ2) is 4.79. The molecule has 0 N–H and O–H groups in total. The van der Waals surface area contributed by atoms with Crippen molar-refractivity contribution in [1.29, 1.82) is 0 Å². The van der Waals surface area contributed by atoms with E-state index in [1.807, 2.05) is 0 Å². The van der Waals surface area contributed by atoms with Gasteiger partial charge in [0.15, 0.2) is 11.5 Å². The van der Waals surface area contributed by atoms with Crippen LogP contribution in [0.25, 0.3) is 0 Å². The minimum Gasteiger partial charge on any atom is -0.461 e. The molecule has 16 heavy (non-hydrogen) atoms. The van der Waals surface area contributed by atoms with Crippen LogP contribution in [0.3, 0.4) is 0 Å². The number of Topliss-reactive ketones (excluding diaryl/α,β-unsaturated/α-hetero) is 1. The normalized spacial score (nSPS) is 10.3. The first kappa shape index (κ1) is 10.7. The van der Waals surface area contributed by atoms with Crippen molar-refractivity contribution in [3.63, 3.8) is 0 Å².